The van der Waals surface area contributed by atoms with Gasteiger partial charge in [-0.05, 0) is 17.7 Å². The van der Waals surface area contributed by atoms with E-state index >= 15 is 0 Å². The first-order valence-corrected chi connectivity index (χ1v) is 10.2. The summed E-state index contributed by atoms with van der Waals surface area (Å²) >= 11 is 0. The standard InChI is InChI=1S/C18H21N3O6S/c22-18(14-4-2-1-3-5-14)13-19-16-7-6-15(12-17(16)21(23)24)28(25,26)20-8-10-27-11-9-20/h1-7,12,18-19,22H,8-11,13H2/t18-/m1/s1. The SMILES string of the molecule is O=[N+]([O-])c1cc(S(=O)(=O)N2CCOCC2)ccc1NC[C@@H](O)c1ccccc1. The third-order valence-corrected chi connectivity index (χ3v) is 6.34. The molecule has 9 nitrogen and oxygen atoms in total. The van der Waals surface area contributed by atoms with Crippen molar-refractivity contribution < 1.29 is 23.2 Å². The molecule has 1 saturated heterocycles. The summed E-state index contributed by atoms with van der Waals surface area (Å²) in [4.78, 5) is 10.7. The van der Waals surface area contributed by atoms with E-state index in [0.29, 0.717) is 18.8 Å². The van der Waals surface area contributed by atoms with Crippen molar-refractivity contribution in [3.05, 3.63) is 64.2 Å². The van der Waals surface area contributed by atoms with Crippen LogP contribution in [0.15, 0.2) is 53.4 Å². The van der Waals surface area contributed by atoms with Gasteiger partial charge in [0.2, 0.25) is 10.0 Å². The average Bonchev–Trinajstić information content (AvgIpc) is 2.73. The summed E-state index contributed by atoms with van der Waals surface area (Å²) in [6.45, 7) is 1.04. The molecule has 3 rings (SSSR count). The number of nitro groups is 1. The summed E-state index contributed by atoms with van der Waals surface area (Å²) in [5, 5.41) is 24.5. The number of rotatable bonds is 7. The topological polar surface area (TPSA) is 122 Å². The Labute approximate surface area is 162 Å². The van der Waals surface area contributed by atoms with Crippen LogP contribution in [0.4, 0.5) is 11.4 Å². The van der Waals surface area contributed by atoms with Gasteiger partial charge in [0.25, 0.3) is 5.69 Å². The van der Waals surface area contributed by atoms with Crippen LogP contribution in [-0.2, 0) is 14.8 Å². The van der Waals surface area contributed by atoms with Crippen molar-refractivity contribution in [1.29, 1.82) is 0 Å². The molecule has 1 aliphatic heterocycles. The fraction of sp³-hybridized carbons (Fsp3) is 0.333. The Hall–Kier alpha value is -2.53. The van der Waals surface area contributed by atoms with Gasteiger partial charge < -0.3 is 15.2 Å². The molecule has 10 heteroatoms. The highest BCUT2D eigenvalue weighted by Gasteiger charge is 2.29. The van der Waals surface area contributed by atoms with Gasteiger partial charge in [0, 0.05) is 25.7 Å². The fourth-order valence-corrected chi connectivity index (χ4v) is 4.34. The van der Waals surface area contributed by atoms with E-state index in [4.69, 9.17) is 4.74 Å². The van der Waals surface area contributed by atoms with Gasteiger partial charge in [0.05, 0.1) is 29.1 Å². The molecule has 150 valence electrons. The van der Waals surface area contributed by atoms with Crippen molar-refractivity contribution >= 4 is 21.4 Å². The first kappa shape index (κ1) is 20.2. The summed E-state index contributed by atoms with van der Waals surface area (Å²) < 4.78 is 31.8. The molecule has 1 aliphatic rings. The molecule has 1 heterocycles. The first-order valence-electron chi connectivity index (χ1n) is 8.73. The molecule has 0 amide bonds. The number of aliphatic hydroxyl groups is 1. The minimum Gasteiger partial charge on any atom is -0.387 e. The first-order chi connectivity index (χ1) is 13.4. The summed E-state index contributed by atoms with van der Waals surface area (Å²) in [6, 6.07) is 12.6. The van der Waals surface area contributed by atoms with E-state index in [0.717, 1.165) is 6.07 Å². The lowest BCUT2D eigenvalue weighted by Gasteiger charge is -2.26. The maximum absolute atomic E-state index is 12.7. The number of sulfonamides is 1. The Morgan fingerprint density at radius 1 is 1.18 bits per heavy atom. The molecule has 0 aromatic heterocycles. The number of benzene rings is 2. The lowest BCUT2D eigenvalue weighted by atomic mass is 10.1. The van der Waals surface area contributed by atoms with Gasteiger partial charge >= 0.3 is 0 Å². The van der Waals surface area contributed by atoms with Gasteiger partial charge in [-0.15, -0.1) is 0 Å². The second-order valence-corrected chi connectivity index (χ2v) is 8.20. The lowest BCUT2D eigenvalue weighted by Crippen LogP contribution is -2.40. The molecule has 0 radical (unpaired) electrons. The highest BCUT2D eigenvalue weighted by molar-refractivity contribution is 7.89. The monoisotopic (exact) mass is 407 g/mol. The second-order valence-electron chi connectivity index (χ2n) is 6.26. The molecule has 2 N–H and O–H groups in total. The van der Waals surface area contributed by atoms with E-state index in [1.807, 2.05) is 6.07 Å². The van der Waals surface area contributed by atoms with E-state index in [-0.39, 0.29) is 35.9 Å². The number of ether oxygens (including phenoxy) is 1. The zero-order valence-corrected chi connectivity index (χ0v) is 15.8. The average molecular weight is 407 g/mol. The number of nitro benzene ring substituents is 1. The van der Waals surface area contributed by atoms with Gasteiger partial charge in [-0.3, -0.25) is 10.1 Å². The minimum absolute atomic E-state index is 0.0421. The van der Waals surface area contributed by atoms with Crippen molar-refractivity contribution in [3.63, 3.8) is 0 Å². The highest BCUT2D eigenvalue weighted by Crippen LogP contribution is 2.30. The molecule has 2 aromatic rings. The lowest BCUT2D eigenvalue weighted by molar-refractivity contribution is -0.384. The number of hydrogen-bond donors (Lipinski definition) is 2. The summed E-state index contributed by atoms with van der Waals surface area (Å²) in [7, 11) is -3.84. The molecule has 0 bridgehead atoms. The van der Waals surface area contributed by atoms with Crippen molar-refractivity contribution in [2.75, 3.05) is 38.2 Å². The van der Waals surface area contributed by atoms with E-state index in [1.54, 1.807) is 24.3 Å². The summed E-state index contributed by atoms with van der Waals surface area (Å²) in [6.07, 6.45) is -0.863. The van der Waals surface area contributed by atoms with Crippen molar-refractivity contribution in [2.45, 2.75) is 11.0 Å². The quantitative estimate of drug-likeness (QED) is 0.530. The second kappa shape index (κ2) is 8.65. The number of nitrogens with one attached hydrogen (secondary N) is 1. The third-order valence-electron chi connectivity index (χ3n) is 4.44. The molecule has 0 aliphatic carbocycles. The number of hydrogen-bond acceptors (Lipinski definition) is 7. The van der Waals surface area contributed by atoms with E-state index < -0.39 is 21.1 Å². The maximum atomic E-state index is 12.7. The fourth-order valence-electron chi connectivity index (χ4n) is 2.91. The molecule has 28 heavy (non-hydrogen) atoms. The van der Waals surface area contributed by atoms with E-state index in [2.05, 4.69) is 5.32 Å². The van der Waals surface area contributed by atoms with Crippen molar-refractivity contribution in [2.24, 2.45) is 0 Å². The third kappa shape index (κ3) is 4.47. The van der Waals surface area contributed by atoms with Crippen LogP contribution >= 0.6 is 0 Å². The predicted molar refractivity (Wildman–Crippen MR) is 103 cm³/mol. The van der Waals surface area contributed by atoms with Crippen LogP contribution in [0, 0.1) is 10.1 Å². The van der Waals surface area contributed by atoms with Gasteiger partial charge in [0.15, 0.2) is 0 Å². The van der Waals surface area contributed by atoms with E-state index in [9.17, 15) is 23.6 Å². The van der Waals surface area contributed by atoms with Crippen LogP contribution < -0.4 is 5.32 Å². The Morgan fingerprint density at radius 2 is 1.86 bits per heavy atom. The smallest absolute Gasteiger partial charge is 0.293 e. The molecule has 1 atom stereocenters. The van der Waals surface area contributed by atoms with Crippen LogP contribution in [0.25, 0.3) is 0 Å². The molecule has 0 saturated carbocycles. The van der Waals surface area contributed by atoms with Crippen LogP contribution in [0.2, 0.25) is 0 Å². The Morgan fingerprint density at radius 3 is 2.50 bits per heavy atom. The molecular weight excluding hydrogens is 386 g/mol. The molecule has 0 unspecified atom stereocenters. The van der Waals surface area contributed by atoms with Crippen LogP contribution in [0.5, 0.6) is 0 Å². The zero-order chi connectivity index (χ0) is 20.1. The molecule has 2 aromatic carbocycles. The van der Waals surface area contributed by atoms with Gasteiger partial charge in [0.1, 0.15) is 5.69 Å². The van der Waals surface area contributed by atoms with Gasteiger partial charge in [-0.25, -0.2) is 8.42 Å². The van der Waals surface area contributed by atoms with Crippen molar-refractivity contribution in [1.82, 2.24) is 4.31 Å². The normalized spacial score (nSPS) is 16.5. The van der Waals surface area contributed by atoms with Crippen LogP contribution in [-0.4, -0.2) is 55.6 Å². The molecular formula is C18H21N3O6S. The van der Waals surface area contributed by atoms with Crippen molar-refractivity contribution in [3.8, 4) is 0 Å². The van der Waals surface area contributed by atoms with E-state index in [1.165, 1.54) is 16.4 Å². The van der Waals surface area contributed by atoms with Crippen LogP contribution in [0.1, 0.15) is 11.7 Å². The number of morpholine rings is 1. The van der Waals surface area contributed by atoms with Gasteiger partial charge in [-0.1, -0.05) is 30.3 Å². The molecule has 0 spiro atoms. The maximum Gasteiger partial charge on any atom is 0.293 e. The Balaban J connectivity index is 1.80. The highest BCUT2D eigenvalue weighted by atomic mass is 32.2. The summed E-state index contributed by atoms with van der Waals surface area (Å²) in [5.41, 5.74) is 0.444. The Kier molecular flexibility index (Phi) is 6.25. The Bertz CT molecular complexity index is 930. The number of anilines is 1. The minimum atomic E-state index is -3.84. The number of nitrogens with zero attached hydrogens (tertiary/aromatic N) is 2. The molecule has 1 fully saturated rings. The predicted octanol–water partition coefficient (Wildman–Crippen LogP) is 1.76. The zero-order valence-electron chi connectivity index (χ0n) is 15.0. The summed E-state index contributed by atoms with van der Waals surface area (Å²) in [5.74, 6) is 0. The number of aliphatic hydroxyl groups excluding tert-OH is 1. The van der Waals surface area contributed by atoms with Gasteiger partial charge in [-0.2, -0.15) is 4.31 Å². The largest absolute Gasteiger partial charge is 0.387 e. The van der Waals surface area contributed by atoms with Crippen LogP contribution in [0.3, 0.4) is 0 Å².